The molecule has 1 rings (SSSR count). The molecule has 0 saturated heterocycles. The van der Waals surface area contributed by atoms with E-state index in [0.717, 1.165) is 0 Å². The van der Waals surface area contributed by atoms with E-state index in [1.165, 1.54) is 19.2 Å². The van der Waals surface area contributed by atoms with Crippen molar-refractivity contribution in [1.82, 2.24) is 0 Å². The van der Waals surface area contributed by atoms with Crippen molar-refractivity contribution >= 4 is 17.6 Å². The molecular weight excluding hydrogens is 225 g/mol. The first-order valence-electron chi connectivity index (χ1n) is 3.98. The van der Waals surface area contributed by atoms with Gasteiger partial charge in [-0.05, 0) is 6.07 Å². The van der Waals surface area contributed by atoms with Crippen LogP contribution in [0.2, 0.25) is 5.02 Å². The molecule has 1 aromatic rings. The topological polar surface area (TPSA) is 72.5 Å². The van der Waals surface area contributed by atoms with Gasteiger partial charge in [0.05, 0.1) is 12.1 Å². The second-order valence-electron chi connectivity index (χ2n) is 2.83. The second-order valence-corrected chi connectivity index (χ2v) is 3.24. The summed E-state index contributed by atoms with van der Waals surface area (Å²) in [6.07, 6.45) is 0. The Bertz CT molecular complexity index is 397. The first-order chi connectivity index (χ1) is 6.97. The van der Waals surface area contributed by atoms with Gasteiger partial charge in [0.2, 0.25) is 0 Å². The zero-order valence-corrected chi connectivity index (χ0v) is 8.58. The van der Waals surface area contributed by atoms with Gasteiger partial charge < -0.3 is 15.6 Å². The van der Waals surface area contributed by atoms with Crippen molar-refractivity contribution < 1.29 is 19.0 Å². The first kappa shape index (κ1) is 11.7. The molecule has 0 radical (unpaired) electrons. The van der Waals surface area contributed by atoms with Crippen LogP contribution < -0.4 is 10.5 Å². The molecular formula is C9H9ClFNO3. The minimum atomic E-state index is -1.46. The molecule has 4 nitrogen and oxygen atoms in total. The largest absolute Gasteiger partial charge is 0.497 e. The molecule has 3 N–H and O–H groups in total. The standard InChI is InChI=1S/C9H9ClFNO3/c1-15-4-2-5(8(12)9(13)14)7(11)6(10)3-4/h2-3,8H,12H2,1H3,(H,13,14). The molecule has 1 aromatic carbocycles. The fourth-order valence-corrected chi connectivity index (χ4v) is 1.28. The highest BCUT2D eigenvalue weighted by Gasteiger charge is 2.21. The van der Waals surface area contributed by atoms with E-state index in [1.54, 1.807) is 0 Å². The van der Waals surface area contributed by atoms with Crippen molar-refractivity contribution in [2.24, 2.45) is 5.73 Å². The van der Waals surface area contributed by atoms with Crippen LogP contribution >= 0.6 is 11.6 Å². The number of carboxylic acids is 1. The van der Waals surface area contributed by atoms with E-state index >= 15 is 0 Å². The van der Waals surface area contributed by atoms with Gasteiger partial charge in [-0.1, -0.05) is 11.6 Å². The Morgan fingerprint density at radius 3 is 2.73 bits per heavy atom. The molecule has 6 heteroatoms. The van der Waals surface area contributed by atoms with Gasteiger partial charge >= 0.3 is 5.97 Å². The molecule has 1 atom stereocenters. The number of rotatable bonds is 3. The molecule has 0 bridgehead atoms. The maximum absolute atomic E-state index is 13.4. The van der Waals surface area contributed by atoms with E-state index in [9.17, 15) is 9.18 Å². The Labute approximate surface area is 90.4 Å². The molecule has 0 heterocycles. The normalized spacial score (nSPS) is 12.3. The number of halogens is 2. The number of ether oxygens (including phenoxy) is 1. The second kappa shape index (κ2) is 4.46. The summed E-state index contributed by atoms with van der Waals surface area (Å²) in [5.41, 5.74) is 5.08. The number of nitrogens with two attached hydrogens (primary N) is 1. The summed E-state index contributed by atoms with van der Waals surface area (Å²) in [6, 6.07) is 0.993. The minimum Gasteiger partial charge on any atom is -0.497 e. The Balaban J connectivity index is 3.27. The monoisotopic (exact) mass is 233 g/mol. The SMILES string of the molecule is COc1cc(Cl)c(F)c(C(N)C(=O)O)c1. The zero-order valence-electron chi connectivity index (χ0n) is 7.83. The zero-order chi connectivity index (χ0) is 11.6. The number of carbonyl (C=O) groups is 1. The number of hydrogen-bond donors (Lipinski definition) is 2. The summed E-state index contributed by atoms with van der Waals surface area (Å²) < 4.78 is 18.2. The van der Waals surface area contributed by atoms with Gasteiger partial charge in [-0.2, -0.15) is 0 Å². The third-order valence-corrected chi connectivity index (χ3v) is 2.14. The summed E-state index contributed by atoms with van der Waals surface area (Å²) in [4.78, 5) is 10.6. The van der Waals surface area contributed by atoms with Crippen molar-refractivity contribution in [3.8, 4) is 5.75 Å². The summed E-state index contributed by atoms with van der Waals surface area (Å²) in [7, 11) is 1.36. The molecule has 0 aromatic heterocycles. The van der Waals surface area contributed by atoms with Crippen molar-refractivity contribution in [2.75, 3.05) is 7.11 Å². The number of methoxy groups -OCH3 is 1. The van der Waals surface area contributed by atoms with Crippen LogP contribution in [-0.2, 0) is 4.79 Å². The fraction of sp³-hybridized carbons (Fsp3) is 0.222. The van der Waals surface area contributed by atoms with Gasteiger partial charge in [0, 0.05) is 11.6 Å². The third kappa shape index (κ3) is 2.37. The van der Waals surface area contributed by atoms with Crippen molar-refractivity contribution in [1.29, 1.82) is 0 Å². The van der Waals surface area contributed by atoms with E-state index in [4.69, 9.17) is 27.2 Å². The average molecular weight is 234 g/mol. The predicted octanol–water partition coefficient (Wildman–Crippen LogP) is 1.57. The predicted molar refractivity (Wildman–Crippen MR) is 52.5 cm³/mol. The lowest BCUT2D eigenvalue weighted by atomic mass is 10.1. The van der Waals surface area contributed by atoms with Crippen molar-refractivity contribution in [3.63, 3.8) is 0 Å². The fourth-order valence-electron chi connectivity index (χ4n) is 1.06. The van der Waals surface area contributed by atoms with Crippen LogP contribution in [0.25, 0.3) is 0 Å². The molecule has 0 saturated carbocycles. The lowest BCUT2D eigenvalue weighted by Crippen LogP contribution is -2.22. The van der Waals surface area contributed by atoms with Gasteiger partial charge in [0.25, 0.3) is 0 Å². The van der Waals surface area contributed by atoms with Gasteiger partial charge in [-0.3, -0.25) is 4.79 Å². The van der Waals surface area contributed by atoms with Gasteiger partial charge in [0.15, 0.2) is 0 Å². The Hall–Kier alpha value is -1.33. The third-order valence-electron chi connectivity index (χ3n) is 1.87. The van der Waals surface area contributed by atoms with Crippen LogP contribution in [-0.4, -0.2) is 18.2 Å². The quantitative estimate of drug-likeness (QED) is 0.831. The van der Waals surface area contributed by atoms with Crippen LogP contribution in [0.4, 0.5) is 4.39 Å². The Kier molecular flexibility index (Phi) is 3.49. The van der Waals surface area contributed by atoms with Crippen molar-refractivity contribution in [2.45, 2.75) is 6.04 Å². The molecule has 0 fully saturated rings. The van der Waals surface area contributed by atoms with E-state index in [0.29, 0.717) is 0 Å². The lowest BCUT2D eigenvalue weighted by molar-refractivity contribution is -0.138. The van der Waals surface area contributed by atoms with Crippen molar-refractivity contribution in [3.05, 3.63) is 28.5 Å². The molecule has 15 heavy (non-hydrogen) atoms. The number of benzene rings is 1. The molecule has 0 aliphatic heterocycles. The van der Waals surface area contributed by atoms with E-state index in [1.807, 2.05) is 0 Å². The smallest absolute Gasteiger partial charge is 0.325 e. The summed E-state index contributed by atoms with van der Waals surface area (Å²) in [5, 5.41) is 8.42. The highest BCUT2D eigenvalue weighted by molar-refractivity contribution is 6.31. The molecule has 0 aliphatic rings. The minimum absolute atomic E-state index is 0.202. The van der Waals surface area contributed by atoms with Gasteiger partial charge in [-0.15, -0.1) is 0 Å². The van der Waals surface area contributed by atoms with E-state index < -0.39 is 17.8 Å². The van der Waals surface area contributed by atoms with Gasteiger partial charge in [-0.25, -0.2) is 4.39 Å². The van der Waals surface area contributed by atoms with Crippen LogP contribution in [0.5, 0.6) is 5.75 Å². The lowest BCUT2D eigenvalue weighted by Gasteiger charge is -2.11. The summed E-state index contributed by atoms with van der Waals surface area (Å²) in [5.74, 6) is -1.92. The van der Waals surface area contributed by atoms with Crippen LogP contribution in [0.1, 0.15) is 11.6 Å². The molecule has 0 aliphatic carbocycles. The van der Waals surface area contributed by atoms with E-state index in [2.05, 4.69) is 0 Å². The molecule has 1 unspecified atom stereocenters. The number of carboxylic acid groups (broad SMARTS) is 1. The van der Waals surface area contributed by atoms with E-state index in [-0.39, 0.29) is 16.3 Å². The first-order valence-corrected chi connectivity index (χ1v) is 4.36. The summed E-state index contributed by atoms with van der Waals surface area (Å²) >= 11 is 5.54. The Morgan fingerprint density at radius 2 is 2.27 bits per heavy atom. The summed E-state index contributed by atoms with van der Waals surface area (Å²) in [6.45, 7) is 0. The van der Waals surface area contributed by atoms with Crippen LogP contribution in [0, 0.1) is 5.82 Å². The van der Waals surface area contributed by atoms with Crippen LogP contribution in [0.3, 0.4) is 0 Å². The van der Waals surface area contributed by atoms with Gasteiger partial charge in [0.1, 0.15) is 17.6 Å². The maximum atomic E-state index is 13.4. The average Bonchev–Trinajstić information content (AvgIpc) is 2.20. The highest BCUT2D eigenvalue weighted by atomic mass is 35.5. The number of aliphatic carboxylic acids is 1. The maximum Gasteiger partial charge on any atom is 0.325 e. The number of hydrogen-bond acceptors (Lipinski definition) is 3. The highest BCUT2D eigenvalue weighted by Crippen LogP contribution is 2.28. The van der Waals surface area contributed by atoms with Crippen LogP contribution in [0.15, 0.2) is 12.1 Å². The Morgan fingerprint density at radius 1 is 1.67 bits per heavy atom. The molecule has 0 spiro atoms. The molecule has 0 amide bonds. The molecule has 82 valence electrons.